The lowest BCUT2D eigenvalue weighted by Gasteiger charge is -2.23. The maximum atomic E-state index is 13.0. The summed E-state index contributed by atoms with van der Waals surface area (Å²) in [5.41, 5.74) is 6.35. The number of halogens is 3. The zero-order valence-electron chi connectivity index (χ0n) is 10.1. The topological polar surface area (TPSA) is 66.6 Å². The van der Waals surface area contributed by atoms with Crippen LogP contribution in [0.4, 0.5) is 4.39 Å². The Morgan fingerprint density at radius 2 is 2.26 bits per heavy atom. The first-order valence-electron chi connectivity index (χ1n) is 5.48. The van der Waals surface area contributed by atoms with Crippen LogP contribution in [0.25, 0.3) is 0 Å². The van der Waals surface area contributed by atoms with Crippen molar-refractivity contribution in [2.75, 3.05) is 13.1 Å². The second-order valence-electron chi connectivity index (χ2n) is 4.20. The van der Waals surface area contributed by atoms with E-state index in [-0.39, 0.29) is 37.3 Å². The molecule has 1 fully saturated rings. The van der Waals surface area contributed by atoms with E-state index in [1.54, 1.807) is 11.4 Å². The maximum Gasteiger partial charge on any atom is 0.242 e. The molecular weight excluding hydrogens is 314 g/mol. The van der Waals surface area contributed by atoms with Crippen LogP contribution >= 0.6 is 36.2 Å². The third-order valence-corrected chi connectivity index (χ3v) is 3.65. The summed E-state index contributed by atoms with van der Waals surface area (Å²) in [6.45, 7) is 0.465. The lowest BCUT2D eigenvalue weighted by Crippen LogP contribution is -2.46. The lowest BCUT2D eigenvalue weighted by molar-refractivity contribution is -0.134. The lowest BCUT2D eigenvalue weighted by atomic mass is 10.1. The molecule has 0 saturated carbocycles. The van der Waals surface area contributed by atoms with E-state index in [0.29, 0.717) is 18.5 Å². The van der Waals surface area contributed by atoms with Gasteiger partial charge in [0.1, 0.15) is 18.3 Å². The molecule has 1 aromatic rings. The van der Waals surface area contributed by atoms with Gasteiger partial charge in [-0.05, 0) is 28.8 Å². The number of hydrogen-bond donors (Lipinski definition) is 2. The molecular formula is C11H17Cl2FN2O2S. The van der Waals surface area contributed by atoms with Gasteiger partial charge in [0.05, 0.1) is 6.54 Å². The number of likely N-dealkylation sites (tertiary alicyclic amines) is 1. The smallest absolute Gasteiger partial charge is 0.242 e. The SMILES string of the molecule is Cl.Cl.NC(C(=O)N1CC[C@H](F)C1)C(O)c1ccsc1. The number of nitrogens with zero attached hydrogens (tertiary/aromatic N) is 1. The summed E-state index contributed by atoms with van der Waals surface area (Å²) in [5, 5.41) is 13.5. The van der Waals surface area contributed by atoms with Gasteiger partial charge in [-0.15, -0.1) is 24.8 Å². The molecule has 1 saturated heterocycles. The van der Waals surface area contributed by atoms with Crippen LogP contribution < -0.4 is 5.73 Å². The number of rotatable bonds is 3. The highest BCUT2D eigenvalue weighted by molar-refractivity contribution is 7.07. The van der Waals surface area contributed by atoms with Gasteiger partial charge in [-0.3, -0.25) is 4.79 Å². The summed E-state index contributed by atoms with van der Waals surface area (Å²) in [7, 11) is 0. The Hall–Kier alpha value is -0.400. The Morgan fingerprint density at radius 1 is 1.58 bits per heavy atom. The molecule has 0 radical (unpaired) electrons. The number of amides is 1. The average molecular weight is 331 g/mol. The molecule has 0 aliphatic carbocycles. The highest BCUT2D eigenvalue weighted by Crippen LogP contribution is 2.21. The van der Waals surface area contributed by atoms with Gasteiger partial charge in [-0.25, -0.2) is 4.39 Å². The molecule has 1 amide bonds. The van der Waals surface area contributed by atoms with E-state index in [1.807, 2.05) is 5.38 Å². The van der Waals surface area contributed by atoms with Crippen LogP contribution in [-0.2, 0) is 4.79 Å². The van der Waals surface area contributed by atoms with Gasteiger partial charge in [0.2, 0.25) is 5.91 Å². The predicted octanol–water partition coefficient (Wildman–Crippen LogP) is 1.52. The first-order chi connectivity index (χ1) is 8.09. The van der Waals surface area contributed by atoms with Crippen LogP contribution in [0, 0.1) is 0 Å². The molecule has 0 spiro atoms. The van der Waals surface area contributed by atoms with E-state index in [9.17, 15) is 14.3 Å². The van der Waals surface area contributed by atoms with E-state index in [4.69, 9.17) is 5.73 Å². The van der Waals surface area contributed by atoms with Crippen molar-refractivity contribution in [3.63, 3.8) is 0 Å². The van der Waals surface area contributed by atoms with Gasteiger partial charge in [-0.1, -0.05) is 0 Å². The van der Waals surface area contributed by atoms with Crippen LogP contribution in [0.15, 0.2) is 16.8 Å². The molecule has 2 heterocycles. The van der Waals surface area contributed by atoms with Gasteiger partial charge >= 0.3 is 0 Å². The fraction of sp³-hybridized carbons (Fsp3) is 0.545. The van der Waals surface area contributed by atoms with Crippen LogP contribution in [0.1, 0.15) is 18.1 Å². The Morgan fingerprint density at radius 3 is 2.74 bits per heavy atom. The first-order valence-corrected chi connectivity index (χ1v) is 6.42. The number of carbonyl (C=O) groups is 1. The number of thiophene rings is 1. The molecule has 1 aliphatic heterocycles. The highest BCUT2D eigenvalue weighted by Gasteiger charge is 2.32. The molecule has 8 heteroatoms. The molecule has 3 atom stereocenters. The van der Waals surface area contributed by atoms with Crippen molar-refractivity contribution in [3.05, 3.63) is 22.4 Å². The summed E-state index contributed by atoms with van der Waals surface area (Å²) in [6, 6.07) is 0.708. The van der Waals surface area contributed by atoms with Gasteiger partial charge in [0.25, 0.3) is 0 Å². The van der Waals surface area contributed by atoms with E-state index >= 15 is 0 Å². The Kier molecular flexibility index (Phi) is 7.85. The molecule has 3 N–H and O–H groups in total. The van der Waals surface area contributed by atoms with Crippen molar-refractivity contribution in [2.45, 2.75) is 24.7 Å². The number of aliphatic hydroxyl groups is 1. The van der Waals surface area contributed by atoms with E-state index in [1.165, 1.54) is 16.2 Å². The van der Waals surface area contributed by atoms with Crippen LogP contribution in [-0.4, -0.2) is 41.2 Å². The van der Waals surface area contributed by atoms with Crippen molar-refractivity contribution >= 4 is 42.1 Å². The summed E-state index contributed by atoms with van der Waals surface area (Å²) < 4.78 is 13.0. The van der Waals surface area contributed by atoms with E-state index in [2.05, 4.69) is 0 Å². The predicted molar refractivity (Wildman–Crippen MR) is 77.8 cm³/mol. The summed E-state index contributed by atoms with van der Waals surface area (Å²) in [6.07, 6.45) is -1.63. The molecule has 1 aromatic heterocycles. The van der Waals surface area contributed by atoms with E-state index < -0.39 is 18.3 Å². The van der Waals surface area contributed by atoms with Gasteiger partial charge < -0.3 is 15.7 Å². The summed E-state index contributed by atoms with van der Waals surface area (Å²) in [4.78, 5) is 13.3. The Labute approximate surface area is 127 Å². The van der Waals surface area contributed by atoms with Crippen molar-refractivity contribution in [1.29, 1.82) is 0 Å². The fourth-order valence-electron chi connectivity index (χ4n) is 1.91. The number of nitrogens with two attached hydrogens (primary N) is 1. The normalized spacial score (nSPS) is 21.2. The van der Waals surface area contributed by atoms with Gasteiger partial charge in [0, 0.05) is 6.54 Å². The third-order valence-electron chi connectivity index (χ3n) is 2.95. The maximum absolute atomic E-state index is 13.0. The number of carbonyl (C=O) groups excluding carboxylic acids is 1. The largest absolute Gasteiger partial charge is 0.386 e. The minimum Gasteiger partial charge on any atom is -0.386 e. The molecule has 0 aromatic carbocycles. The summed E-state index contributed by atoms with van der Waals surface area (Å²) >= 11 is 1.43. The van der Waals surface area contributed by atoms with Crippen LogP contribution in [0.2, 0.25) is 0 Å². The Balaban J connectivity index is 0.00000162. The number of alkyl halides is 1. The molecule has 1 aliphatic rings. The van der Waals surface area contributed by atoms with Crippen LogP contribution in [0.3, 0.4) is 0 Å². The zero-order chi connectivity index (χ0) is 12.4. The zero-order valence-corrected chi connectivity index (χ0v) is 12.5. The second kappa shape index (κ2) is 8.01. The van der Waals surface area contributed by atoms with Gasteiger partial charge in [-0.2, -0.15) is 11.3 Å². The highest BCUT2D eigenvalue weighted by atomic mass is 35.5. The average Bonchev–Trinajstić information content (AvgIpc) is 2.96. The standard InChI is InChI=1S/C11H15FN2O2S.2ClH/c12-8-1-3-14(5-8)11(16)9(13)10(15)7-2-4-17-6-7;;/h2,4,6,8-10,15H,1,3,5,13H2;2*1H/t8-,9?,10?;;/m0../s1. The molecule has 19 heavy (non-hydrogen) atoms. The third kappa shape index (κ3) is 4.29. The second-order valence-corrected chi connectivity index (χ2v) is 4.98. The molecule has 2 rings (SSSR count). The van der Waals surface area contributed by atoms with Crippen LogP contribution in [0.5, 0.6) is 0 Å². The van der Waals surface area contributed by atoms with Crippen molar-refractivity contribution < 1.29 is 14.3 Å². The first kappa shape index (κ1) is 18.6. The molecule has 0 bridgehead atoms. The fourth-order valence-corrected chi connectivity index (χ4v) is 2.60. The number of aliphatic hydroxyl groups excluding tert-OH is 1. The van der Waals surface area contributed by atoms with Crippen molar-refractivity contribution in [1.82, 2.24) is 4.90 Å². The summed E-state index contributed by atoms with van der Waals surface area (Å²) in [5.74, 6) is -0.385. The molecule has 110 valence electrons. The quantitative estimate of drug-likeness (QED) is 0.883. The van der Waals surface area contributed by atoms with E-state index in [0.717, 1.165) is 0 Å². The van der Waals surface area contributed by atoms with Gasteiger partial charge in [0.15, 0.2) is 0 Å². The minimum absolute atomic E-state index is 0. The molecule has 4 nitrogen and oxygen atoms in total. The minimum atomic E-state index is -1.02. The van der Waals surface area contributed by atoms with Crippen molar-refractivity contribution in [2.24, 2.45) is 5.73 Å². The molecule has 2 unspecified atom stereocenters. The Bertz CT molecular complexity index is 394. The van der Waals surface area contributed by atoms with Crippen molar-refractivity contribution in [3.8, 4) is 0 Å². The number of hydrogen-bond acceptors (Lipinski definition) is 4. The monoisotopic (exact) mass is 330 g/mol.